The van der Waals surface area contributed by atoms with Gasteiger partial charge in [0.1, 0.15) is 29.6 Å². The Labute approximate surface area is 221 Å². The number of hydrogen-bond donors (Lipinski definition) is 4. The quantitative estimate of drug-likeness (QED) is 0.393. The van der Waals surface area contributed by atoms with E-state index in [2.05, 4.69) is 19.2 Å². The molecule has 6 atom stereocenters. The molecule has 38 heavy (non-hydrogen) atoms. The van der Waals surface area contributed by atoms with Crippen molar-refractivity contribution in [1.29, 1.82) is 0 Å². The smallest absolute Gasteiger partial charge is 0.364 e. The Morgan fingerprint density at radius 2 is 1.82 bits per heavy atom. The fourth-order valence-corrected chi connectivity index (χ4v) is 5.85. The van der Waals surface area contributed by atoms with Crippen molar-refractivity contribution in [3.8, 4) is 11.5 Å². The van der Waals surface area contributed by atoms with Gasteiger partial charge in [-0.2, -0.15) is 0 Å². The Morgan fingerprint density at radius 1 is 1.16 bits per heavy atom. The standard InChI is InChI=1S/C28H39NO9/c1-12(2)11-15-17(27(15,4)5)24(33)29-18-19(30)14-9-10-16(13(3)22(14)37-25(18)34)36-26-21(32)20(31)23(35-8)28(6,7)38-26/h9-10,12,15,17,20-21,23,26,30-32H,11H2,1-8H3,(H,29,33)/t15-,17+,20-,21+,23+,26+/m0/s1. The predicted octanol–water partition coefficient (Wildman–Crippen LogP) is 3.31. The summed E-state index contributed by atoms with van der Waals surface area (Å²) in [6.07, 6.45) is -3.79. The van der Waals surface area contributed by atoms with Crippen LogP contribution in [0.25, 0.3) is 11.0 Å². The number of ether oxygens (including phenoxy) is 3. The third kappa shape index (κ3) is 4.79. The van der Waals surface area contributed by atoms with E-state index in [4.69, 9.17) is 18.6 Å². The van der Waals surface area contributed by atoms with Crippen LogP contribution < -0.4 is 15.7 Å². The molecule has 4 N–H and O–H groups in total. The van der Waals surface area contributed by atoms with Gasteiger partial charge in [0, 0.05) is 18.6 Å². The summed E-state index contributed by atoms with van der Waals surface area (Å²) in [7, 11) is 1.42. The fourth-order valence-electron chi connectivity index (χ4n) is 5.85. The Kier molecular flexibility index (Phi) is 7.33. The number of carbonyl (C=O) groups excluding carboxylic acids is 1. The molecule has 0 radical (unpaired) electrons. The van der Waals surface area contributed by atoms with Crippen molar-refractivity contribution < 1.29 is 38.7 Å². The average molecular weight is 534 g/mol. The Bertz CT molecular complexity index is 1280. The van der Waals surface area contributed by atoms with Crippen LogP contribution in [0.3, 0.4) is 0 Å². The lowest BCUT2D eigenvalue weighted by Gasteiger charge is -2.46. The van der Waals surface area contributed by atoms with E-state index < -0.39 is 41.6 Å². The molecule has 1 aliphatic carbocycles. The van der Waals surface area contributed by atoms with Crippen molar-refractivity contribution in [3.63, 3.8) is 0 Å². The molecule has 2 aromatic rings. The van der Waals surface area contributed by atoms with Gasteiger partial charge in [0.05, 0.1) is 11.0 Å². The second-order valence-electron chi connectivity index (χ2n) is 12.0. The molecule has 1 saturated carbocycles. The summed E-state index contributed by atoms with van der Waals surface area (Å²) < 4.78 is 22.6. The van der Waals surface area contributed by atoms with Crippen LogP contribution in [0.2, 0.25) is 0 Å². The van der Waals surface area contributed by atoms with E-state index >= 15 is 0 Å². The van der Waals surface area contributed by atoms with Gasteiger partial charge in [-0.25, -0.2) is 4.79 Å². The van der Waals surface area contributed by atoms with Crippen molar-refractivity contribution in [1.82, 2.24) is 0 Å². The van der Waals surface area contributed by atoms with Crippen molar-refractivity contribution in [2.45, 2.75) is 85.1 Å². The highest BCUT2D eigenvalue weighted by Gasteiger charge is 2.61. The number of fused-ring (bicyclic) bond motifs is 1. The average Bonchev–Trinajstić information content (AvgIpc) is 3.35. The lowest BCUT2D eigenvalue weighted by molar-refractivity contribution is -0.306. The van der Waals surface area contributed by atoms with Gasteiger partial charge in [-0.3, -0.25) is 4.79 Å². The number of methoxy groups -OCH3 is 1. The molecule has 10 nitrogen and oxygen atoms in total. The summed E-state index contributed by atoms with van der Waals surface area (Å²) in [5, 5.41) is 34.8. The molecule has 2 heterocycles. The summed E-state index contributed by atoms with van der Waals surface area (Å²) in [6.45, 7) is 13.3. The molecule has 1 saturated heterocycles. The highest BCUT2D eigenvalue weighted by Crippen LogP contribution is 2.61. The molecule has 0 bridgehead atoms. The fraction of sp³-hybridized carbons (Fsp3) is 0.643. The molecule has 1 amide bonds. The second kappa shape index (κ2) is 9.82. The number of carbonyl (C=O) groups is 1. The minimum atomic E-state index is -1.41. The van der Waals surface area contributed by atoms with E-state index in [1.165, 1.54) is 19.2 Å². The van der Waals surface area contributed by atoms with Gasteiger partial charge < -0.3 is 39.3 Å². The first-order valence-corrected chi connectivity index (χ1v) is 13.0. The zero-order valence-electron chi connectivity index (χ0n) is 23.2. The number of aromatic hydroxyl groups is 1. The van der Waals surface area contributed by atoms with Gasteiger partial charge in [0.25, 0.3) is 0 Å². The zero-order valence-corrected chi connectivity index (χ0v) is 23.2. The maximum absolute atomic E-state index is 13.0. The first-order chi connectivity index (χ1) is 17.6. The van der Waals surface area contributed by atoms with E-state index in [0.29, 0.717) is 11.5 Å². The molecule has 0 unspecified atom stereocenters. The topological polar surface area (TPSA) is 148 Å². The van der Waals surface area contributed by atoms with Gasteiger partial charge >= 0.3 is 5.63 Å². The van der Waals surface area contributed by atoms with Crippen LogP contribution in [0.15, 0.2) is 21.3 Å². The number of benzene rings is 1. The van der Waals surface area contributed by atoms with Crippen LogP contribution in [0.4, 0.5) is 5.69 Å². The molecule has 2 aliphatic rings. The second-order valence-corrected chi connectivity index (χ2v) is 12.0. The van der Waals surface area contributed by atoms with Crippen LogP contribution >= 0.6 is 0 Å². The lowest BCUT2D eigenvalue weighted by Crippen LogP contribution is -2.63. The number of anilines is 1. The van der Waals surface area contributed by atoms with Crippen LogP contribution in [0.5, 0.6) is 11.5 Å². The van der Waals surface area contributed by atoms with Crippen LogP contribution in [-0.2, 0) is 14.3 Å². The summed E-state index contributed by atoms with van der Waals surface area (Å²) in [6, 6.07) is 3.02. The molecule has 1 aromatic heterocycles. The van der Waals surface area contributed by atoms with Gasteiger partial charge in [-0.15, -0.1) is 0 Å². The van der Waals surface area contributed by atoms with Crippen molar-refractivity contribution >= 4 is 22.6 Å². The number of rotatable bonds is 7. The third-order valence-electron chi connectivity index (χ3n) is 8.09. The zero-order chi connectivity index (χ0) is 28.3. The number of aliphatic hydroxyl groups excluding tert-OH is 2. The molecular formula is C28H39NO9. The molecular weight excluding hydrogens is 494 g/mol. The van der Waals surface area contributed by atoms with E-state index in [-0.39, 0.29) is 45.6 Å². The minimum Gasteiger partial charge on any atom is -0.505 e. The highest BCUT2D eigenvalue weighted by molar-refractivity contribution is 6.00. The van der Waals surface area contributed by atoms with E-state index in [1.54, 1.807) is 20.8 Å². The Hall–Kier alpha value is -2.66. The Balaban J connectivity index is 1.60. The molecule has 10 heteroatoms. The summed E-state index contributed by atoms with van der Waals surface area (Å²) >= 11 is 0. The molecule has 2 fully saturated rings. The third-order valence-corrected chi connectivity index (χ3v) is 8.09. The minimum absolute atomic E-state index is 0.0623. The van der Waals surface area contributed by atoms with E-state index in [9.17, 15) is 24.9 Å². The number of hydrogen-bond acceptors (Lipinski definition) is 9. The number of aryl methyl sites for hydroxylation is 1. The number of aliphatic hydroxyl groups is 2. The monoisotopic (exact) mass is 533 g/mol. The van der Waals surface area contributed by atoms with Crippen molar-refractivity contribution in [3.05, 3.63) is 28.1 Å². The first kappa shape index (κ1) is 28.4. The maximum Gasteiger partial charge on any atom is 0.364 e. The largest absolute Gasteiger partial charge is 0.505 e. The number of amides is 1. The maximum atomic E-state index is 13.0. The van der Waals surface area contributed by atoms with Gasteiger partial charge in [-0.05, 0) is 56.6 Å². The van der Waals surface area contributed by atoms with Gasteiger partial charge in [0.2, 0.25) is 12.2 Å². The van der Waals surface area contributed by atoms with Gasteiger partial charge in [-0.1, -0.05) is 27.7 Å². The lowest BCUT2D eigenvalue weighted by atomic mass is 9.89. The summed E-state index contributed by atoms with van der Waals surface area (Å²) in [4.78, 5) is 25.9. The Morgan fingerprint density at radius 3 is 2.42 bits per heavy atom. The molecule has 0 spiro atoms. The van der Waals surface area contributed by atoms with Gasteiger partial charge in [0.15, 0.2) is 11.4 Å². The number of nitrogens with one attached hydrogen (secondary N) is 1. The molecule has 1 aromatic carbocycles. The molecule has 4 rings (SSSR count). The van der Waals surface area contributed by atoms with E-state index in [1.807, 2.05) is 13.8 Å². The normalized spacial score (nSPS) is 29.9. The van der Waals surface area contributed by atoms with E-state index in [0.717, 1.165) is 6.42 Å². The van der Waals surface area contributed by atoms with Crippen LogP contribution in [0, 0.1) is 30.1 Å². The van der Waals surface area contributed by atoms with Crippen molar-refractivity contribution in [2.75, 3.05) is 12.4 Å². The van der Waals surface area contributed by atoms with Crippen LogP contribution in [0.1, 0.15) is 53.5 Å². The van der Waals surface area contributed by atoms with Crippen LogP contribution in [-0.4, -0.2) is 58.5 Å². The molecule has 1 aliphatic heterocycles. The SMILES string of the molecule is CO[C@@H]1[C@@H](O)[C@@H](O)[C@H](Oc2ccc3c(O)c(NC(=O)[C@H]4[C@H](CC(C)C)C4(C)C)c(=O)oc3c2C)OC1(C)C. The summed E-state index contributed by atoms with van der Waals surface area (Å²) in [5.74, 6) is -0.137. The first-order valence-electron chi connectivity index (χ1n) is 13.0. The summed E-state index contributed by atoms with van der Waals surface area (Å²) in [5.41, 5.74) is -1.93. The predicted molar refractivity (Wildman–Crippen MR) is 140 cm³/mol. The van der Waals surface area contributed by atoms with Crippen molar-refractivity contribution in [2.24, 2.45) is 23.2 Å². The highest BCUT2D eigenvalue weighted by atomic mass is 16.7. The molecule has 210 valence electrons.